The summed E-state index contributed by atoms with van der Waals surface area (Å²) in [7, 11) is 1.61. The molecule has 0 aliphatic heterocycles. The molecule has 1 heterocycles. The van der Waals surface area contributed by atoms with Crippen molar-refractivity contribution in [2.45, 2.75) is 26.2 Å². The molecule has 0 unspecified atom stereocenters. The van der Waals surface area contributed by atoms with Gasteiger partial charge in [0.2, 0.25) is 5.88 Å². The summed E-state index contributed by atoms with van der Waals surface area (Å²) in [6, 6.07) is 12.3. The molecule has 4 nitrogen and oxygen atoms in total. The summed E-state index contributed by atoms with van der Waals surface area (Å²) in [5.74, 6) is 2.07. The zero-order valence-corrected chi connectivity index (χ0v) is 12.5. The fraction of sp³-hybridized carbons (Fsp3) is 0.375. The fourth-order valence-corrected chi connectivity index (χ4v) is 2.04. The van der Waals surface area contributed by atoms with E-state index < -0.39 is 0 Å². The molecule has 0 radical (unpaired) electrons. The van der Waals surface area contributed by atoms with Gasteiger partial charge in [0.1, 0.15) is 11.6 Å². The monoisotopic (exact) mass is 271 g/mol. The molecular weight excluding hydrogens is 250 g/mol. The van der Waals surface area contributed by atoms with Crippen molar-refractivity contribution in [2.24, 2.45) is 0 Å². The normalized spacial score (nSPS) is 11.2. The number of hydrogen-bond donors (Lipinski definition) is 1. The lowest BCUT2D eigenvalue weighted by atomic mass is 9.85. The largest absolute Gasteiger partial charge is 0.481 e. The van der Waals surface area contributed by atoms with Crippen molar-refractivity contribution in [3.05, 3.63) is 47.8 Å². The van der Waals surface area contributed by atoms with Gasteiger partial charge in [-0.1, -0.05) is 44.2 Å². The number of hydrogen-bond acceptors (Lipinski definition) is 4. The number of aromatic nitrogens is 2. The first-order valence-corrected chi connectivity index (χ1v) is 6.70. The molecule has 0 saturated carbocycles. The summed E-state index contributed by atoms with van der Waals surface area (Å²) in [5.41, 5.74) is 1.32. The van der Waals surface area contributed by atoms with Crippen LogP contribution in [0.1, 0.15) is 25.2 Å². The second-order valence-corrected chi connectivity index (χ2v) is 5.45. The fourth-order valence-electron chi connectivity index (χ4n) is 2.04. The van der Waals surface area contributed by atoms with Gasteiger partial charge in [0, 0.05) is 18.0 Å². The van der Waals surface area contributed by atoms with Gasteiger partial charge in [-0.15, -0.1) is 0 Å². The topological polar surface area (TPSA) is 47.0 Å². The summed E-state index contributed by atoms with van der Waals surface area (Å²) in [4.78, 5) is 8.56. The Labute approximate surface area is 120 Å². The first-order chi connectivity index (χ1) is 9.51. The number of aryl methyl sites for hydroxylation is 1. The number of ether oxygens (including phenoxy) is 1. The van der Waals surface area contributed by atoms with Crippen LogP contribution in [0.25, 0.3) is 0 Å². The smallest absolute Gasteiger partial charge is 0.218 e. The van der Waals surface area contributed by atoms with Crippen LogP contribution >= 0.6 is 0 Å². The zero-order valence-electron chi connectivity index (χ0n) is 12.5. The van der Waals surface area contributed by atoms with Crippen LogP contribution < -0.4 is 10.1 Å². The van der Waals surface area contributed by atoms with Crippen LogP contribution in [-0.2, 0) is 5.41 Å². The molecule has 0 bridgehead atoms. The van der Waals surface area contributed by atoms with Crippen LogP contribution in [0.2, 0.25) is 0 Å². The van der Waals surface area contributed by atoms with Crippen molar-refractivity contribution >= 4 is 5.82 Å². The van der Waals surface area contributed by atoms with Crippen LogP contribution in [0.3, 0.4) is 0 Å². The molecule has 0 spiro atoms. The quantitative estimate of drug-likeness (QED) is 0.907. The van der Waals surface area contributed by atoms with Crippen LogP contribution in [0.4, 0.5) is 5.82 Å². The first kappa shape index (κ1) is 14.3. The molecule has 0 aliphatic rings. The minimum absolute atomic E-state index is 0.0212. The number of anilines is 1. The first-order valence-electron chi connectivity index (χ1n) is 6.70. The summed E-state index contributed by atoms with van der Waals surface area (Å²) in [5, 5.41) is 3.37. The van der Waals surface area contributed by atoms with E-state index in [2.05, 4.69) is 53.4 Å². The van der Waals surface area contributed by atoms with E-state index in [1.807, 2.05) is 19.1 Å². The van der Waals surface area contributed by atoms with Gasteiger partial charge < -0.3 is 10.1 Å². The number of nitrogens with zero attached hydrogens (tertiary/aromatic N) is 2. The molecule has 1 aromatic heterocycles. The van der Waals surface area contributed by atoms with E-state index in [0.29, 0.717) is 11.7 Å². The predicted molar refractivity (Wildman–Crippen MR) is 81.3 cm³/mol. The molecule has 0 aliphatic carbocycles. The molecule has 106 valence electrons. The van der Waals surface area contributed by atoms with E-state index in [1.165, 1.54) is 5.56 Å². The van der Waals surface area contributed by atoms with E-state index in [4.69, 9.17) is 4.74 Å². The maximum absolute atomic E-state index is 5.16. The number of nitrogens with one attached hydrogen (secondary N) is 1. The lowest BCUT2D eigenvalue weighted by molar-refractivity contribution is 0.396. The van der Waals surface area contributed by atoms with Gasteiger partial charge in [0.15, 0.2) is 0 Å². The lowest BCUT2D eigenvalue weighted by Crippen LogP contribution is -2.28. The van der Waals surface area contributed by atoms with Crippen molar-refractivity contribution in [2.75, 3.05) is 19.0 Å². The molecule has 20 heavy (non-hydrogen) atoms. The van der Waals surface area contributed by atoms with Crippen LogP contribution in [0.5, 0.6) is 5.88 Å². The average molecular weight is 271 g/mol. The maximum Gasteiger partial charge on any atom is 0.218 e. The minimum Gasteiger partial charge on any atom is -0.481 e. The molecule has 0 saturated heterocycles. The standard InChI is InChI=1S/C16H21N3O/c1-12-18-14(10-15(19-12)20-4)17-11-16(2,3)13-8-6-5-7-9-13/h5-10H,11H2,1-4H3,(H,17,18,19). The highest BCUT2D eigenvalue weighted by Gasteiger charge is 2.20. The van der Waals surface area contributed by atoms with Crippen LogP contribution in [0.15, 0.2) is 36.4 Å². The lowest BCUT2D eigenvalue weighted by Gasteiger charge is -2.26. The van der Waals surface area contributed by atoms with Crippen molar-refractivity contribution in [3.63, 3.8) is 0 Å². The summed E-state index contributed by atoms with van der Waals surface area (Å²) < 4.78 is 5.16. The van der Waals surface area contributed by atoms with E-state index in [9.17, 15) is 0 Å². The third-order valence-corrected chi connectivity index (χ3v) is 3.29. The summed E-state index contributed by atoms with van der Waals surface area (Å²) in [6.07, 6.45) is 0. The number of rotatable bonds is 5. The van der Waals surface area contributed by atoms with Gasteiger partial charge in [-0.2, -0.15) is 4.98 Å². The third kappa shape index (κ3) is 3.47. The van der Waals surface area contributed by atoms with Gasteiger partial charge >= 0.3 is 0 Å². The molecule has 4 heteroatoms. The number of benzene rings is 1. The van der Waals surface area contributed by atoms with Crippen molar-refractivity contribution in [1.82, 2.24) is 9.97 Å². The Hall–Kier alpha value is -2.10. The second-order valence-electron chi connectivity index (χ2n) is 5.45. The van der Waals surface area contributed by atoms with Crippen LogP contribution in [-0.4, -0.2) is 23.6 Å². The highest BCUT2D eigenvalue weighted by Crippen LogP contribution is 2.23. The molecular formula is C16H21N3O. The minimum atomic E-state index is 0.0212. The molecule has 1 N–H and O–H groups in total. The zero-order chi connectivity index (χ0) is 14.6. The average Bonchev–Trinajstić information content (AvgIpc) is 2.45. The van der Waals surface area contributed by atoms with E-state index in [1.54, 1.807) is 7.11 Å². The van der Waals surface area contributed by atoms with Gasteiger partial charge in [0.25, 0.3) is 0 Å². The molecule has 2 rings (SSSR count). The van der Waals surface area contributed by atoms with E-state index >= 15 is 0 Å². The predicted octanol–water partition coefficient (Wildman–Crippen LogP) is 3.18. The second kappa shape index (κ2) is 5.90. The Balaban J connectivity index is 2.10. The van der Waals surface area contributed by atoms with Crippen molar-refractivity contribution in [3.8, 4) is 5.88 Å². The highest BCUT2D eigenvalue weighted by molar-refractivity contribution is 5.40. The van der Waals surface area contributed by atoms with Crippen molar-refractivity contribution in [1.29, 1.82) is 0 Å². The Kier molecular flexibility index (Phi) is 4.23. The van der Waals surface area contributed by atoms with Crippen molar-refractivity contribution < 1.29 is 4.74 Å². The maximum atomic E-state index is 5.16. The Morgan fingerprint density at radius 1 is 1.15 bits per heavy atom. The van der Waals surface area contributed by atoms with E-state index in [0.717, 1.165) is 12.4 Å². The molecule has 2 aromatic rings. The SMILES string of the molecule is COc1cc(NCC(C)(C)c2ccccc2)nc(C)n1. The molecule has 0 atom stereocenters. The Morgan fingerprint density at radius 2 is 1.85 bits per heavy atom. The Bertz CT molecular complexity index is 567. The third-order valence-electron chi connectivity index (χ3n) is 3.29. The number of methoxy groups -OCH3 is 1. The van der Waals surface area contributed by atoms with Gasteiger partial charge in [0.05, 0.1) is 7.11 Å². The molecule has 0 amide bonds. The van der Waals surface area contributed by atoms with Gasteiger partial charge in [-0.05, 0) is 12.5 Å². The summed E-state index contributed by atoms with van der Waals surface area (Å²) >= 11 is 0. The molecule has 1 aromatic carbocycles. The summed E-state index contributed by atoms with van der Waals surface area (Å²) in [6.45, 7) is 7.06. The molecule has 0 fully saturated rings. The van der Waals surface area contributed by atoms with Gasteiger partial charge in [-0.25, -0.2) is 4.98 Å². The highest BCUT2D eigenvalue weighted by atomic mass is 16.5. The Morgan fingerprint density at radius 3 is 2.50 bits per heavy atom. The van der Waals surface area contributed by atoms with Crippen LogP contribution in [0, 0.1) is 6.92 Å². The van der Waals surface area contributed by atoms with E-state index in [-0.39, 0.29) is 5.41 Å². The van der Waals surface area contributed by atoms with Gasteiger partial charge in [-0.3, -0.25) is 0 Å².